The van der Waals surface area contributed by atoms with Gasteiger partial charge in [0.1, 0.15) is 0 Å². The maximum atomic E-state index is 11.8. The van der Waals surface area contributed by atoms with Crippen molar-refractivity contribution in [2.24, 2.45) is 5.73 Å². The average Bonchev–Trinajstić information content (AvgIpc) is 2.38. The van der Waals surface area contributed by atoms with Crippen LogP contribution in [0.3, 0.4) is 0 Å². The molecular formula is C12H19N3O3S. The molecule has 0 heterocycles. The van der Waals surface area contributed by atoms with Crippen molar-refractivity contribution >= 4 is 15.9 Å². The molecule has 106 valence electrons. The summed E-state index contributed by atoms with van der Waals surface area (Å²) in [5.74, 6) is -0.439. The number of hydrogen-bond donors (Lipinski definition) is 3. The standard InChI is InChI=1S/C12H19N3O3S/c1-2-15-19(17,18)7-6-14-12(16)11-5-3-4-10(8-11)9-13/h3-5,8,15H,2,6-7,9,13H2,1H3,(H,14,16). The second-order valence-electron chi connectivity index (χ2n) is 3.98. The second-order valence-corrected chi connectivity index (χ2v) is 5.90. The molecule has 0 saturated heterocycles. The van der Waals surface area contributed by atoms with Crippen molar-refractivity contribution in [3.8, 4) is 0 Å². The van der Waals surface area contributed by atoms with Gasteiger partial charge in [0.05, 0.1) is 5.75 Å². The monoisotopic (exact) mass is 285 g/mol. The summed E-state index contributed by atoms with van der Waals surface area (Å²) < 4.78 is 25.1. The Kier molecular flexibility index (Phi) is 5.94. The second kappa shape index (κ2) is 7.22. The van der Waals surface area contributed by atoms with Crippen LogP contribution in [0.2, 0.25) is 0 Å². The molecule has 0 aromatic heterocycles. The lowest BCUT2D eigenvalue weighted by Gasteiger charge is -2.07. The minimum Gasteiger partial charge on any atom is -0.351 e. The van der Waals surface area contributed by atoms with Gasteiger partial charge in [0.25, 0.3) is 5.91 Å². The molecule has 0 fully saturated rings. The summed E-state index contributed by atoms with van der Waals surface area (Å²) in [5.41, 5.74) is 6.82. The first-order valence-corrected chi connectivity index (χ1v) is 7.68. The third-order valence-electron chi connectivity index (χ3n) is 2.45. The SMILES string of the molecule is CCNS(=O)(=O)CCNC(=O)c1cccc(CN)c1. The van der Waals surface area contributed by atoms with Crippen molar-refractivity contribution in [1.82, 2.24) is 10.0 Å². The van der Waals surface area contributed by atoms with E-state index in [2.05, 4.69) is 10.0 Å². The van der Waals surface area contributed by atoms with E-state index in [0.29, 0.717) is 18.7 Å². The molecule has 7 heteroatoms. The van der Waals surface area contributed by atoms with E-state index in [0.717, 1.165) is 5.56 Å². The maximum Gasteiger partial charge on any atom is 0.251 e. The number of nitrogens with one attached hydrogen (secondary N) is 2. The molecule has 1 rings (SSSR count). The third kappa shape index (κ3) is 5.37. The summed E-state index contributed by atoms with van der Waals surface area (Å²) in [7, 11) is -3.31. The lowest BCUT2D eigenvalue weighted by molar-refractivity contribution is 0.0956. The smallest absolute Gasteiger partial charge is 0.251 e. The van der Waals surface area contributed by atoms with Gasteiger partial charge < -0.3 is 11.1 Å². The zero-order valence-corrected chi connectivity index (χ0v) is 11.7. The number of carbonyl (C=O) groups excluding carboxylic acids is 1. The molecule has 1 aromatic carbocycles. The zero-order valence-electron chi connectivity index (χ0n) is 10.8. The predicted molar refractivity (Wildman–Crippen MR) is 74.1 cm³/mol. The van der Waals surface area contributed by atoms with Crippen LogP contribution in [0.4, 0.5) is 0 Å². The highest BCUT2D eigenvalue weighted by atomic mass is 32.2. The van der Waals surface area contributed by atoms with Crippen LogP contribution in [0.25, 0.3) is 0 Å². The fourth-order valence-electron chi connectivity index (χ4n) is 1.53. The summed E-state index contributed by atoms with van der Waals surface area (Å²) in [5, 5.41) is 2.57. The number of benzene rings is 1. The fourth-order valence-corrected chi connectivity index (χ4v) is 2.49. The normalized spacial score (nSPS) is 11.3. The van der Waals surface area contributed by atoms with Crippen LogP contribution in [-0.4, -0.2) is 33.2 Å². The number of rotatable bonds is 7. The average molecular weight is 285 g/mol. The fraction of sp³-hybridized carbons (Fsp3) is 0.417. The Morgan fingerprint density at radius 1 is 1.37 bits per heavy atom. The van der Waals surface area contributed by atoms with Crippen LogP contribution >= 0.6 is 0 Å². The molecule has 0 atom stereocenters. The van der Waals surface area contributed by atoms with Crippen molar-refractivity contribution in [2.75, 3.05) is 18.8 Å². The summed E-state index contributed by atoms with van der Waals surface area (Å²) in [6.07, 6.45) is 0. The maximum absolute atomic E-state index is 11.8. The van der Waals surface area contributed by atoms with Crippen LogP contribution in [0.1, 0.15) is 22.8 Å². The van der Waals surface area contributed by atoms with Crippen molar-refractivity contribution in [3.05, 3.63) is 35.4 Å². The van der Waals surface area contributed by atoms with Gasteiger partial charge >= 0.3 is 0 Å². The molecule has 1 amide bonds. The molecule has 19 heavy (non-hydrogen) atoms. The molecule has 0 unspecified atom stereocenters. The van der Waals surface area contributed by atoms with E-state index in [1.807, 2.05) is 6.07 Å². The highest BCUT2D eigenvalue weighted by Gasteiger charge is 2.10. The molecule has 0 aliphatic heterocycles. The van der Waals surface area contributed by atoms with Crippen LogP contribution in [-0.2, 0) is 16.6 Å². The number of hydrogen-bond acceptors (Lipinski definition) is 4. The largest absolute Gasteiger partial charge is 0.351 e. The Morgan fingerprint density at radius 3 is 2.74 bits per heavy atom. The van der Waals surface area contributed by atoms with Gasteiger partial charge in [-0.3, -0.25) is 4.79 Å². The minimum absolute atomic E-state index is 0.0705. The van der Waals surface area contributed by atoms with Crippen molar-refractivity contribution in [2.45, 2.75) is 13.5 Å². The Hall–Kier alpha value is -1.44. The topological polar surface area (TPSA) is 101 Å². The Morgan fingerprint density at radius 2 is 2.11 bits per heavy atom. The van der Waals surface area contributed by atoms with Gasteiger partial charge in [-0.15, -0.1) is 0 Å². The van der Waals surface area contributed by atoms with Gasteiger partial charge in [0, 0.05) is 25.2 Å². The summed E-state index contributed by atoms with van der Waals surface area (Å²) in [4.78, 5) is 11.8. The van der Waals surface area contributed by atoms with E-state index in [1.54, 1.807) is 25.1 Å². The summed E-state index contributed by atoms with van der Waals surface area (Å²) in [6.45, 7) is 2.47. The van der Waals surface area contributed by atoms with Crippen LogP contribution in [0.15, 0.2) is 24.3 Å². The number of amides is 1. The molecule has 0 spiro atoms. The van der Waals surface area contributed by atoms with Gasteiger partial charge in [0.15, 0.2) is 0 Å². The quantitative estimate of drug-likeness (QED) is 0.646. The summed E-state index contributed by atoms with van der Waals surface area (Å²) in [6, 6.07) is 6.92. The van der Waals surface area contributed by atoms with Gasteiger partial charge in [-0.2, -0.15) is 0 Å². The molecular weight excluding hydrogens is 266 g/mol. The van der Waals surface area contributed by atoms with Crippen molar-refractivity contribution < 1.29 is 13.2 Å². The van der Waals surface area contributed by atoms with E-state index < -0.39 is 10.0 Å². The molecule has 0 saturated carbocycles. The Labute approximate surface area is 113 Å². The van der Waals surface area contributed by atoms with Gasteiger partial charge in [-0.05, 0) is 17.7 Å². The highest BCUT2D eigenvalue weighted by molar-refractivity contribution is 7.89. The van der Waals surface area contributed by atoms with Crippen LogP contribution in [0.5, 0.6) is 0 Å². The molecule has 4 N–H and O–H groups in total. The summed E-state index contributed by atoms with van der Waals surface area (Å²) >= 11 is 0. The molecule has 0 bridgehead atoms. The van der Waals surface area contributed by atoms with Gasteiger partial charge in [-0.25, -0.2) is 13.1 Å². The molecule has 0 radical (unpaired) electrons. The van der Waals surface area contributed by atoms with E-state index in [4.69, 9.17) is 5.73 Å². The van der Waals surface area contributed by atoms with Gasteiger partial charge in [0.2, 0.25) is 10.0 Å². The van der Waals surface area contributed by atoms with E-state index in [-0.39, 0.29) is 18.2 Å². The number of sulfonamides is 1. The lowest BCUT2D eigenvalue weighted by atomic mass is 10.1. The van der Waals surface area contributed by atoms with E-state index in [1.165, 1.54) is 0 Å². The highest BCUT2D eigenvalue weighted by Crippen LogP contribution is 2.04. The van der Waals surface area contributed by atoms with Crippen LogP contribution in [0, 0.1) is 0 Å². The van der Waals surface area contributed by atoms with Crippen molar-refractivity contribution in [3.63, 3.8) is 0 Å². The molecule has 0 aliphatic rings. The Bertz CT molecular complexity index is 529. The number of carbonyl (C=O) groups is 1. The number of nitrogens with two attached hydrogens (primary N) is 1. The van der Waals surface area contributed by atoms with E-state index in [9.17, 15) is 13.2 Å². The Balaban J connectivity index is 2.52. The zero-order chi connectivity index (χ0) is 14.3. The lowest BCUT2D eigenvalue weighted by Crippen LogP contribution is -2.34. The predicted octanol–water partition coefficient (Wildman–Crippen LogP) is -0.186. The van der Waals surface area contributed by atoms with Crippen LogP contribution < -0.4 is 15.8 Å². The van der Waals surface area contributed by atoms with Gasteiger partial charge in [-0.1, -0.05) is 19.1 Å². The molecule has 1 aromatic rings. The molecule has 0 aliphatic carbocycles. The first kappa shape index (κ1) is 15.6. The minimum atomic E-state index is -3.31. The van der Waals surface area contributed by atoms with E-state index >= 15 is 0 Å². The van der Waals surface area contributed by atoms with Crippen molar-refractivity contribution in [1.29, 1.82) is 0 Å². The first-order valence-electron chi connectivity index (χ1n) is 6.03. The third-order valence-corrected chi connectivity index (χ3v) is 3.92. The molecule has 6 nitrogen and oxygen atoms in total. The first-order chi connectivity index (χ1) is 8.98.